The molecule has 3 nitrogen and oxygen atoms in total. The minimum absolute atomic E-state index is 0.152. The summed E-state index contributed by atoms with van der Waals surface area (Å²) >= 11 is 0. The molecule has 0 aliphatic carbocycles. The number of nitrogens with one attached hydrogen (secondary N) is 2. The number of fused-ring (bicyclic) bond motifs is 3. The van der Waals surface area contributed by atoms with Gasteiger partial charge in [-0.1, -0.05) is 34.6 Å². The van der Waals surface area contributed by atoms with Gasteiger partial charge in [-0.3, -0.25) is 0 Å². The molecule has 19 heavy (non-hydrogen) atoms. The second-order valence-electron chi connectivity index (χ2n) is 6.89. The molecule has 102 valence electrons. The van der Waals surface area contributed by atoms with Gasteiger partial charge in [0.2, 0.25) is 0 Å². The SMILES string of the molecule is CC(C)c1cc2c([nH]1)c1[nH]c(C(C)(C)C)cc1n2C. The summed E-state index contributed by atoms with van der Waals surface area (Å²) in [6, 6.07) is 4.54. The van der Waals surface area contributed by atoms with E-state index in [0.717, 1.165) is 0 Å². The van der Waals surface area contributed by atoms with Crippen LogP contribution in [0, 0.1) is 0 Å². The van der Waals surface area contributed by atoms with Gasteiger partial charge in [-0.25, -0.2) is 0 Å². The van der Waals surface area contributed by atoms with Crippen LogP contribution in [0.3, 0.4) is 0 Å². The van der Waals surface area contributed by atoms with E-state index < -0.39 is 0 Å². The second-order valence-corrected chi connectivity index (χ2v) is 6.89. The Bertz CT molecular complexity index is 744. The highest BCUT2D eigenvalue weighted by Gasteiger charge is 2.20. The van der Waals surface area contributed by atoms with Crippen LogP contribution < -0.4 is 0 Å². The van der Waals surface area contributed by atoms with E-state index >= 15 is 0 Å². The molecule has 3 aromatic heterocycles. The first kappa shape index (κ1) is 12.4. The van der Waals surface area contributed by atoms with E-state index in [4.69, 9.17) is 0 Å². The lowest BCUT2D eigenvalue weighted by Gasteiger charge is -2.15. The van der Waals surface area contributed by atoms with Crippen LogP contribution in [0.1, 0.15) is 51.9 Å². The maximum Gasteiger partial charge on any atom is 0.0884 e. The van der Waals surface area contributed by atoms with Crippen molar-refractivity contribution in [3.05, 3.63) is 23.5 Å². The first-order chi connectivity index (χ1) is 8.79. The lowest BCUT2D eigenvalue weighted by atomic mass is 9.93. The fourth-order valence-electron chi connectivity index (χ4n) is 2.66. The first-order valence-electron chi connectivity index (χ1n) is 6.99. The molecule has 0 radical (unpaired) electrons. The van der Waals surface area contributed by atoms with Crippen molar-refractivity contribution < 1.29 is 0 Å². The Morgan fingerprint density at radius 1 is 1.00 bits per heavy atom. The third-order valence-electron chi connectivity index (χ3n) is 4.02. The van der Waals surface area contributed by atoms with Crippen LogP contribution in [-0.4, -0.2) is 14.5 Å². The lowest BCUT2D eigenvalue weighted by Crippen LogP contribution is -2.11. The van der Waals surface area contributed by atoms with Gasteiger partial charge >= 0.3 is 0 Å². The Balaban J connectivity index is 2.31. The van der Waals surface area contributed by atoms with Crippen LogP contribution in [0.4, 0.5) is 0 Å². The molecule has 0 bridgehead atoms. The number of rotatable bonds is 1. The summed E-state index contributed by atoms with van der Waals surface area (Å²) in [5.41, 5.74) is 7.77. The smallest absolute Gasteiger partial charge is 0.0884 e. The molecule has 0 atom stereocenters. The third kappa shape index (κ3) is 1.71. The van der Waals surface area contributed by atoms with E-state index in [9.17, 15) is 0 Å². The van der Waals surface area contributed by atoms with E-state index in [0.29, 0.717) is 5.92 Å². The zero-order chi connectivity index (χ0) is 13.9. The molecule has 3 heterocycles. The third-order valence-corrected chi connectivity index (χ3v) is 4.02. The Kier molecular flexibility index (Phi) is 2.40. The standard InChI is InChI=1S/C16H23N3/c1-9(2)10-7-11-14(17-10)15-12(19(11)6)8-13(18-15)16(3,4)5/h7-9,17-18H,1-6H3. The zero-order valence-corrected chi connectivity index (χ0v) is 12.7. The first-order valence-corrected chi connectivity index (χ1v) is 6.99. The molecule has 0 unspecified atom stereocenters. The Labute approximate surface area is 114 Å². The molecule has 2 N–H and O–H groups in total. The molecule has 0 saturated carbocycles. The van der Waals surface area contributed by atoms with Crippen LogP contribution in [0.2, 0.25) is 0 Å². The zero-order valence-electron chi connectivity index (χ0n) is 12.7. The highest BCUT2D eigenvalue weighted by molar-refractivity contribution is 6.04. The van der Waals surface area contributed by atoms with Gasteiger partial charge < -0.3 is 14.5 Å². The molecule has 0 amide bonds. The molecule has 0 spiro atoms. The van der Waals surface area contributed by atoms with E-state index in [-0.39, 0.29) is 5.41 Å². The fraction of sp³-hybridized carbons (Fsp3) is 0.500. The van der Waals surface area contributed by atoms with E-state index in [1.165, 1.54) is 33.5 Å². The summed E-state index contributed by atoms with van der Waals surface area (Å²) in [4.78, 5) is 7.17. The molecule has 0 fully saturated rings. The minimum Gasteiger partial charge on any atom is -0.355 e. The quantitative estimate of drug-likeness (QED) is 0.648. The Hall–Kier alpha value is -1.64. The predicted molar refractivity (Wildman–Crippen MR) is 81.9 cm³/mol. The van der Waals surface area contributed by atoms with Gasteiger partial charge in [0.25, 0.3) is 0 Å². The van der Waals surface area contributed by atoms with Crippen molar-refractivity contribution in [3.63, 3.8) is 0 Å². The summed E-state index contributed by atoms with van der Waals surface area (Å²) in [5, 5.41) is 0. The van der Waals surface area contributed by atoms with Crippen LogP contribution in [0.5, 0.6) is 0 Å². The number of aromatic amines is 2. The topological polar surface area (TPSA) is 36.5 Å². The van der Waals surface area contributed by atoms with Gasteiger partial charge in [0.05, 0.1) is 22.1 Å². The van der Waals surface area contributed by atoms with Crippen LogP contribution >= 0.6 is 0 Å². The van der Waals surface area contributed by atoms with Crippen molar-refractivity contribution >= 4 is 22.1 Å². The minimum atomic E-state index is 0.152. The molecule has 0 aromatic carbocycles. The molecule has 3 heteroatoms. The maximum absolute atomic E-state index is 3.60. The summed E-state index contributed by atoms with van der Waals surface area (Å²) in [7, 11) is 2.14. The van der Waals surface area contributed by atoms with E-state index in [1.54, 1.807) is 0 Å². The molecule has 3 rings (SSSR count). The summed E-state index contributed by atoms with van der Waals surface area (Å²) < 4.78 is 2.28. The van der Waals surface area contributed by atoms with Crippen molar-refractivity contribution in [1.29, 1.82) is 0 Å². The van der Waals surface area contributed by atoms with Crippen LogP contribution in [0.25, 0.3) is 22.1 Å². The number of aromatic nitrogens is 3. The molecular formula is C16H23N3. The Morgan fingerprint density at radius 3 is 2.16 bits per heavy atom. The van der Waals surface area contributed by atoms with Crippen molar-refractivity contribution in [2.45, 2.75) is 46.0 Å². The van der Waals surface area contributed by atoms with Crippen molar-refractivity contribution in [1.82, 2.24) is 14.5 Å². The number of H-pyrrole nitrogens is 2. The highest BCUT2D eigenvalue weighted by Crippen LogP contribution is 2.33. The molecule has 3 aromatic rings. The van der Waals surface area contributed by atoms with Gasteiger partial charge in [0.1, 0.15) is 0 Å². The maximum atomic E-state index is 3.60. The van der Waals surface area contributed by atoms with Gasteiger partial charge in [-0.2, -0.15) is 0 Å². The normalized spacial score (nSPS) is 13.2. The average Bonchev–Trinajstić information content (AvgIpc) is 2.94. The number of hydrogen-bond donors (Lipinski definition) is 2. The van der Waals surface area contributed by atoms with Crippen molar-refractivity contribution in [2.24, 2.45) is 7.05 Å². The number of aryl methyl sites for hydroxylation is 1. The van der Waals surface area contributed by atoms with Gasteiger partial charge in [-0.15, -0.1) is 0 Å². The number of nitrogens with zero attached hydrogens (tertiary/aromatic N) is 1. The van der Waals surface area contributed by atoms with Crippen molar-refractivity contribution in [2.75, 3.05) is 0 Å². The summed E-state index contributed by atoms with van der Waals surface area (Å²) in [5.74, 6) is 0.527. The fourth-order valence-corrected chi connectivity index (χ4v) is 2.66. The average molecular weight is 257 g/mol. The monoisotopic (exact) mass is 257 g/mol. The van der Waals surface area contributed by atoms with Gasteiger partial charge in [0.15, 0.2) is 0 Å². The molecule has 0 saturated heterocycles. The van der Waals surface area contributed by atoms with E-state index in [2.05, 4.69) is 68.3 Å². The van der Waals surface area contributed by atoms with Gasteiger partial charge in [0, 0.05) is 23.9 Å². The molecule has 0 aliphatic rings. The summed E-state index contributed by atoms with van der Waals surface area (Å²) in [6.45, 7) is 11.2. The molecular weight excluding hydrogens is 234 g/mol. The molecule has 0 aliphatic heterocycles. The van der Waals surface area contributed by atoms with Crippen molar-refractivity contribution in [3.8, 4) is 0 Å². The van der Waals surface area contributed by atoms with Crippen LogP contribution in [-0.2, 0) is 12.5 Å². The van der Waals surface area contributed by atoms with E-state index in [1.807, 2.05) is 0 Å². The second kappa shape index (κ2) is 3.69. The van der Waals surface area contributed by atoms with Gasteiger partial charge in [-0.05, 0) is 18.1 Å². The van der Waals surface area contributed by atoms with Crippen LogP contribution in [0.15, 0.2) is 12.1 Å². The summed E-state index contributed by atoms with van der Waals surface area (Å²) in [6.07, 6.45) is 0. The number of hydrogen-bond acceptors (Lipinski definition) is 0. The lowest BCUT2D eigenvalue weighted by molar-refractivity contribution is 0.574. The highest BCUT2D eigenvalue weighted by atomic mass is 15.0. The largest absolute Gasteiger partial charge is 0.355 e. The predicted octanol–water partition coefficient (Wildman–Crippen LogP) is 4.41. The Morgan fingerprint density at radius 2 is 1.58 bits per heavy atom.